The lowest BCUT2D eigenvalue weighted by Gasteiger charge is -2.10. The number of imidazole rings is 1. The molecule has 0 bridgehead atoms. The van der Waals surface area contributed by atoms with Gasteiger partial charge in [0.15, 0.2) is 5.13 Å². The van der Waals surface area contributed by atoms with Crippen LogP contribution >= 0.6 is 11.3 Å². The van der Waals surface area contributed by atoms with Gasteiger partial charge in [0.1, 0.15) is 12.4 Å². The fourth-order valence-corrected chi connectivity index (χ4v) is 3.60. The van der Waals surface area contributed by atoms with Gasteiger partial charge in [-0.05, 0) is 24.3 Å². The number of nitrogens with zero attached hydrogens (tertiary/aromatic N) is 3. The number of halogens is 4. The van der Waals surface area contributed by atoms with Crippen LogP contribution in [0.2, 0.25) is 0 Å². The zero-order valence-corrected chi connectivity index (χ0v) is 15.4. The summed E-state index contributed by atoms with van der Waals surface area (Å²) >= 11 is 1.09. The van der Waals surface area contributed by atoms with E-state index in [1.165, 1.54) is 30.3 Å². The normalized spacial score (nSPS) is 11.7. The van der Waals surface area contributed by atoms with Gasteiger partial charge in [-0.1, -0.05) is 24.3 Å². The van der Waals surface area contributed by atoms with Crippen LogP contribution in [0.5, 0.6) is 0 Å². The van der Waals surface area contributed by atoms with Crippen molar-refractivity contribution in [2.24, 2.45) is 0 Å². The van der Waals surface area contributed by atoms with Crippen LogP contribution in [-0.2, 0) is 17.5 Å². The third kappa shape index (κ3) is 3.97. The highest BCUT2D eigenvalue weighted by molar-refractivity contribution is 7.14. The molecule has 0 spiro atoms. The van der Waals surface area contributed by atoms with Gasteiger partial charge in [-0.25, -0.2) is 14.4 Å². The average Bonchev–Trinajstić information content (AvgIpc) is 3.27. The molecule has 0 radical (unpaired) electrons. The summed E-state index contributed by atoms with van der Waals surface area (Å²) in [6.07, 6.45) is -4.70. The van der Waals surface area contributed by atoms with Crippen molar-refractivity contribution in [1.82, 2.24) is 14.5 Å². The Bertz CT molecular complexity index is 1200. The Morgan fingerprint density at radius 2 is 1.90 bits per heavy atom. The Labute approximate surface area is 165 Å². The van der Waals surface area contributed by atoms with Crippen molar-refractivity contribution >= 4 is 33.4 Å². The van der Waals surface area contributed by atoms with Gasteiger partial charge in [0, 0.05) is 10.9 Å². The second kappa shape index (κ2) is 7.28. The summed E-state index contributed by atoms with van der Waals surface area (Å²) in [6.45, 7) is -0.579. The molecule has 4 rings (SSSR count). The summed E-state index contributed by atoms with van der Waals surface area (Å²) in [6, 6.07) is 11.9. The molecule has 0 saturated heterocycles. The number of hydrogen-bond acceptors (Lipinski definition) is 4. The van der Waals surface area contributed by atoms with Crippen LogP contribution in [0.15, 0.2) is 53.9 Å². The number of benzene rings is 2. The van der Waals surface area contributed by atoms with Crippen molar-refractivity contribution < 1.29 is 22.4 Å². The molecular formula is C19H12F4N4OS. The maximum Gasteiger partial charge on any atom is 0.449 e. The summed E-state index contributed by atoms with van der Waals surface area (Å²) < 4.78 is 54.2. The second-order valence-corrected chi connectivity index (χ2v) is 6.96. The summed E-state index contributed by atoms with van der Waals surface area (Å²) in [4.78, 5) is 20.2. The zero-order valence-electron chi connectivity index (χ0n) is 14.6. The number of rotatable bonds is 4. The number of fused-ring (bicyclic) bond motifs is 1. The smallest absolute Gasteiger partial charge is 0.311 e. The molecule has 5 nitrogen and oxygen atoms in total. The minimum absolute atomic E-state index is 0.148. The molecule has 4 aromatic rings. The minimum atomic E-state index is -4.70. The Morgan fingerprint density at radius 3 is 2.66 bits per heavy atom. The third-order valence-corrected chi connectivity index (χ3v) is 4.84. The van der Waals surface area contributed by atoms with Crippen LogP contribution in [0.25, 0.3) is 22.3 Å². The highest BCUT2D eigenvalue weighted by Gasteiger charge is 2.38. The molecule has 148 valence electrons. The van der Waals surface area contributed by atoms with E-state index in [-0.39, 0.29) is 16.2 Å². The lowest BCUT2D eigenvalue weighted by atomic mass is 10.2. The van der Waals surface area contributed by atoms with Gasteiger partial charge in [0.2, 0.25) is 11.7 Å². The number of aromatic nitrogens is 3. The molecule has 0 aliphatic carbocycles. The molecule has 1 N–H and O–H groups in total. The molecule has 0 atom stereocenters. The molecule has 2 aromatic carbocycles. The first-order valence-corrected chi connectivity index (χ1v) is 9.23. The number of anilines is 1. The minimum Gasteiger partial charge on any atom is -0.311 e. The van der Waals surface area contributed by atoms with Crippen LogP contribution in [-0.4, -0.2) is 20.4 Å². The lowest BCUT2D eigenvalue weighted by molar-refractivity contribution is -0.147. The molecular weight excluding hydrogens is 408 g/mol. The predicted molar refractivity (Wildman–Crippen MR) is 101 cm³/mol. The SMILES string of the molecule is O=C(Cn1c(C(F)(F)F)nc2ccccc21)Nc1nc(-c2cccc(F)c2)cs1. The van der Waals surface area contributed by atoms with Gasteiger partial charge in [0.05, 0.1) is 16.7 Å². The van der Waals surface area contributed by atoms with Crippen LogP contribution < -0.4 is 5.32 Å². The van der Waals surface area contributed by atoms with Crippen molar-refractivity contribution in [3.05, 3.63) is 65.6 Å². The molecule has 29 heavy (non-hydrogen) atoms. The first kappa shape index (κ1) is 19.1. The Kier molecular flexibility index (Phi) is 4.79. The van der Waals surface area contributed by atoms with E-state index in [0.717, 1.165) is 15.9 Å². The van der Waals surface area contributed by atoms with E-state index < -0.39 is 30.3 Å². The number of thiazole rings is 1. The molecule has 10 heteroatoms. The molecule has 0 unspecified atom stereocenters. The Hall–Kier alpha value is -3.27. The van der Waals surface area contributed by atoms with E-state index >= 15 is 0 Å². The van der Waals surface area contributed by atoms with Crippen molar-refractivity contribution in [2.75, 3.05) is 5.32 Å². The van der Waals surface area contributed by atoms with Crippen molar-refractivity contribution in [2.45, 2.75) is 12.7 Å². The van der Waals surface area contributed by atoms with Gasteiger partial charge >= 0.3 is 6.18 Å². The topological polar surface area (TPSA) is 59.8 Å². The largest absolute Gasteiger partial charge is 0.449 e. The summed E-state index contributed by atoms with van der Waals surface area (Å²) in [5, 5.41) is 4.31. The van der Waals surface area contributed by atoms with E-state index in [0.29, 0.717) is 11.3 Å². The third-order valence-electron chi connectivity index (χ3n) is 4.08. The van der Waals surface area contributed by atoms with Gasteiger partial charge < -0.3 is 9.88 Å². The Morgan fingerprint density at radius 1 is 1.10 bits per heavy atom. The highest BCUT2D eigenvalue weighted by Crippen LogP contribution is 2.31. The number of carbonyl (C=O) groups is 1. The number of para-hydroxylation sites is 2. The molecule has 0 saturated carbocycles. The quantitative estimate of drug-likeness (QED) is 0.475. The molecule has 1 amide bonds. The van der Waals surface area contributed by atoms with E-state index in [4.69, 9.17) is 0 Å². The first-order valence-electron chi connectivity index (χ1n) is 8.35. The van der Waals surface area contributed by atoms with Crippen LogP contribution in [0, 0.1) is 5.82 Å². The molecule has 0 fully saturated rings. The standard InChI is InChI=1S/C19H12F4N4OS/c20-12-5-3-4-11(8-12)14-10-29-18(25-14)26-16(28)9-27-15-7-2-1-6-13(15)24-17(27)19(21,22)23/h1-8,10H,9H2,(H,25,26,28). The molecule has 0 aliphatic rings. The average molecular weight is 420 g/mol. The Balaban J connectivity index is 1.57. The second-order valence-electron chi connectivity index (χ2n) is 6.10. The monoisotopic (exact) mass is 420 g/mol. The number of carbonyl (C=O) groups excluding carboxylic acids is 1. The van der Waals surface area contributed by atoms with E-state index in [9.17, 15) is 22.4 Å². The van der Waals surface area contributed by atoms with Crippen LogP contribution in [0.1, 0.15) is 5.82 Å². The van der Waals surface area contributed by atoms with Gasteiger partial charge in [-0.15, -0.1) is 11.3 Å². The highest BCUT2D eigenvalue weighted by atomic mass is 32.1. The summed E-state index contributed by atoms with van der Waals surface area (Å²) in [7, 11) is 0. The van der Waals surface area contributed by atoms with Crippen molar-refractivity contribution in [3.8, 4) is 11.3 Å². The molecule has 2 heterocycles. The van der Waals surface area contributed by atoms with Crippen molar-refractivity contribution in [3.63, 3.8) is 0 Å². The number of amides is 1. The van der Waals surface area contributed by atoms with Gasteiger partial charge in [-0.2, -0.15) is 13.2 Å². The summed E-state index contributed by atoms with van der Waals surface area (Å²) in [5.41, 5.74) is 1.33. The van der Waals surface area contributed by atoms with E-state index in [2.05, 4.69) is 15.3 Å². The van der Waals surface area contributed by atoms with Gasteiger partial charge in [-0.3, -0.25) is 4.79 Å². The molecule has 2 aromatic heterocycles. The number of hydrogen-bond donors (Lipinski definition) is 1. The zero-order chi connectivity index (χ0) is 20.6. The first-order chi connectivity index (χ1) is 13.8. The van der Waals surface area contributed by atoms with E-state index in [1.807, 2.05) is 0 Å². The van der Waals surface area contributed by atoms with Crippen LogP contribution in [0.4, 0.5) is 22.7 Å². The predicted octanol–water partition coefficient (Wildman–Crippen LogP) is 4.96. The fourth-order valence-electron chi connectivity index (χ4n) is 2.87. The summed E-state index contributed by atoms with van der Waals surface area (Å²) in [5.74, 6) is -2.25. The van der Waals surface area contributed by atoms with Gasteiger partial charge in [0.25, 0.3) is 0 Å². The maximum atomic E-state index is 13.3. The fraction of sp³-hybridized carbons (Fsp3) is 0.105. The van der Waals surface area contributed by atoms with Crippen molar-refractivity contribution in [1.29, 1.82) is 0 Å². The lowest BCUT2D eigenvalue weighted by Crippen LogP contribution is -2.23. The van der Waals surface area contributed by atoms with Crippen LogP contribution in [0.3, 0.4) is 0 Å². The maximum absolute atomic E-state index is 13.3. The van der Waals surface area contributed by atoms with E-state index in [1.54, 1.807) is 23.6 Å². The number of alkyl halides is 3. The molecule has 0 aliphatic heterocycles. The number of nitrogens with one attached hydrogen (secondary N) is 1.